The molecule has 1 aromatic rings. The van der Waals surface area contributed by atoms with Gasteiger partial charge in [-0.1, -0.05) is 22.0 Å². The van der Waals surface area contributed by atoms with Crippen LogP contribution >= 0.6 is 15.9 Å². The Morgan fingerprint density at radius 1 is 1.40 bits per heavy atom. The fourth-order valence-electron chi connectivity index (χ4n) is 1.01. The Bertz CT molecular complexity index is 441. The van der Waals surface area contributed by atoms with Gasteiger partial charge in [0, 0.05) is 10.0 Å². The van der Waals surface area contributed by atoms with Gasteiger partial charge >= 0.3 is 0 Å². The van der Waals surface area contributed by atoms with Crippen molar-refractivity contribution in [3.8, 4) is 5.75 Å². The van der Waals surface area contributed by atoms with Crippen molar-refractivity contribution in [3.05, 3.63) is 28.2 Å². The first-order valence-corrected chi connectivity index (χ1v) is 6.70. The van der Waals surface area contributed by atoms with Crippen LogP contribution in [0.1, 0.15) is 5.56 Å². The average molecular weight is 295 g/mol. The maximum absolute atomic E-state index is 10.8. The normalized spacial score (nSPS) is 11.4. The molecule has 0 saturated carbocycles. The number of methoxy groups -OCH3 is 1. The summed E-state index contributed by atoms with van der Waals surface area (Å²) in [5.41, 5.74) is 0.686. The Labute approximate surface area is 97.5 Å². The highest BCUT2D eigenvalue weighted by Crippen LogP contribution is 2.24. The van der Waals surface area contributed by atoms with E-state index in [-0.39, 0.29) is 6.61 Å². The minimum absolute atomic E-state index is 0.0186. The van der Waals surface area contributed by atoms with Crippen molar-refractivity contribution < 1.29 is 17.3 Å². The SMILES string of the molecule is COc1cc(Br)ccc1COS(C)(=O)=O. The molecular weight excluding hydrogens is 284 g/mol. The van der Waals surface area contributed by atoms with E-state index >= 15 is 0 Å². The zero-order chi connectivity index (χ0) is 11.5. The van der Waals surface area contributed by atoms with Gasteiger partial charge in [-0.15, -0.1) is 0 Å². The van der Waals surface area contributed by atoms with Crippen LogP contribution in [0.3, 0.4) is 0 Å². The van der Waals surface area contributed by atoms with E-state index in [2.05, 4.69) is 20.1 Å². The first-order valence-electron chi connectivity index (χ1n) is 4.09. The minimum atomic E-state index is -3.42. The molecule has 0 unspecified atom stereocenters. The number of benzene rings is 1. The maximum Gasteiger partial charge on any atom is 0.264 e. The van der Waals surface area contributed by atoms with E-state index in [0.717, 1.165) is 10.7 Å². The smallest absolute Gasteiger partial charge is 0.264 e. The van der Waals surface area contributed by atoms with Gasteiger partial charge in [0.25, 0.3) is 10.1 Å². The number of ether oxygens (including phenoxy) is 1. The lowest BCUT2D eigenvalue weighted by Crippen LogP contribution is -2.03. The molecule has 1 aromatic carbocycles. The van der Waals surface area contributed by atoms with Crippen LogP contribution in [-0.2, 0) is 20.9 Å². The van der Waals surface area contributed by atoms with E-state index in [1.54, 1.807) is 18.2 Å². The van der Waals surface area contributed by atoms with Gasteiger partial charge in [0.1, 0.15) is 5.75 Å². The summed E-state index contributed by atoms with van der Waals surface area (Å²) in [7, 11) is -1.91. The summed E-state index contributed by atoms with van der Waals surface area (Å²) in [6, 6.07) is 5.29. The second kappa shape index (κ2) is 4.96. The molecule has 15 heavy (non-hydrogen) atoms. The van der Waals surface area contributed by atoms with Gasteiger partial charge in [-0.05, 0) is 12.1 Å². The van der Waals surface area contributed by atoms with Gasteiger partial charge in [0.15, 0.2) is 0 Å². The largest absolute Gasteiger partial charge is 0.496 e. The number of hydrogen-bond donors (Lipinski definition) is 0. The lowest BCUT2D eigenvalue weighted by atomic mass is 10.2. The number of rotatable bonds is 4. The van der Waals surface area contributed by atoms with E-state index in [4.69, 9.17) is 4.74 Å². The van der Waals surface area contributed by atoms with Gasteiger partial charge < -0.3 is 4.74 Å². The van der Waals surface area contributed by atoms with Crippen LogP contribution in [0, 0.1) is 0 Å². The molecule has 0 aromatic heterocycles. The van der Waals surface area contributed by atoms with Gasteiger partial charge in [0.2, 0.25) is 0 Å². The molecule has 0 aliphatic carbocycles. The highest BCUT2D eigenvalue weighted by atomic mass is 79.9. The van der Waals surface area contributed by atoms with Crippen LogP contribution < -0.4 is 4.74 Å². The maximum atomic E-state index is 10.8. The van der Waals surface area contributed by atoms with Gasteiger partial charge in [-0.2, -0.15) is 8.42 Å². The lowest BCUT2D eigenvalue weighted by molar-refractivity contribution is 0.302. The summed E-state index contributed by atoms with van der Waals surface area (Å²) < 4.78 is 32.2. The van der Waals surface area contributed by atoms with Crippen molar-refractivity contribution in [2.75, 3.05) is 13.4 Å². The van der Waals surface area contributed by atoms with Crippen LogP contribution in [0.25, 0.3) is 0 Å². The van der Waals surface area contributed by atoms with Gasteiger partial charge in [-0.25, -0.2) is 0 Å². The summed E-state index contributed by atoms with van der Waals surface area (Å²) in [5.74, 6) is 0.591. The molecule has 0 amide bonds. The predicted molar refractivity (Wildman–Crippen MR) is 60.3 cm³/mol. The molecule has 84 valence electrons. The third-order valence-corrected chi connectivity index (χ3v) is 2.72. The molecule has 0 atom stereocenters. The fraction of sp³-hybridized carbons (Fsp3) is 0.333. The third-order valence-electron chi connectivity index (χ3n) is 1.68. The van der Waals surface area contributed by atoms with E-state index in [1.165, 1.54) is 7.11 Å². The molecule has 0 N–H and O–H groups in total. The standard InChI is InChI=1S/C9H11BrO4S/c1-13-9-5-8(10)4-3-7(9)6-14-15(2,11)12/h3-5H,6H2,1-2H3. The second-order valence-corrected chi connectivity index (χ2v) is 5.48. The summed E-state index contributed by atoms with van der Waals surface area (Å²) in [6.45, 7) is -0.0186. The summed E-state index contributed by atoms with van der Waals surface area (Å²) in [4.78, 5) is 0. The molecule has 0 fully saturated rings. The molecular formula is C9H11BrO4S. The highest BCUT2D eigenvalue weighted by Gasteiger charge is 2.07. The van der Waals surface area contributed by atoms with Crippen molar-refractivity contribution in [3.63, 3.8) is 0 Å². The highest BCUT2D eigenvalue weighted by molar-refractivity contribution is 9.10. The Kier molecular flexibility index (Phi) is 4.12. The van der Waals surface area contributed by atoms with E-state index in [9.17, 15) is 8.42 Å². The minimum Gasteiger partial charge on any atom is -0.496 e. The molecule has 1 rings (SSSR count). The van der Waals surface area contributed by atoms with Crippen molar-refractivity contribution in [2.24, 2.45) is 0 Å². The quantitative estimate of drug-likeness (QED) is 0.797. The third kappa shape index (κ3) is 4.19. The lowest BCUT2D eigenvalue weighted by Gasteiger charge is -2.08. The number of halogens is 1. The van der Waals surface area contributed by atoms with Gasteiger partial charge in [-0.3, -0.25) is 4.18 Å². The van der Waals surface area contributed by atoms with Crippen LogP contribution in [0.15, 0.2) is 22.7 Å². The van der Waals surface area contributed by atoms with Crippen LogP contribution in [-0.4, -0.2) is 21.8 Å². The van der Waals surface area contributed by atoms with Gasteiger partial charge in [0.05, 0.1) is 20.0 Å². The molecule has 0 heterocycles. The fourth-order valence-corrected chi connectivity index (χ4v) is 1.69. The van der Waals surface area contributed by atoms with E-state index < -0.39 is 10.1 Å². The zero-order valence-corrected chi connectivity index (χ0v) is 10.8. The average Bonchev–Trinajstić information content (AvgIpc) is 2.14. The Hall–Kier alpha value is -0.590. The molecule has 0 bridgehead atoms. The summed E-state index contributed by atoms with van der Waals surface area (Å²) in [6.07, 6.45) is 1.01. The summed E-state index contributed by atoms with van der Waals surface area (Å²) in [5, 5.41) is 0. The zero-order valence-electron chi connectivity index (χ0n) is 8.36. The van der Waals surface area contributed by atoms with Crippen molar-refractivity contribution in [2.45, 2.75) is 6.61 Å². The molecule has 0 spiro atoms. The molecule has 0 aliphatic heterocycles. The first-order chi connectivity index (χ1) is 6.92. The predicted octanol–water partition coefficient (Wildman–Crippen LogP) is 1.93. The van der Waals surface area contributed by atoms with Crippen LogP contribution in [0.4, 0.5) is 0 Å². The van der Waals surface area contributed by atoms with E-state index in [1.807, 2.05) is 0 Å². The molecule has 0 saturated heterocycles. The molecule has 0 aliphatic rings. The monoisotopic (exact) mass is 294 g/mol. The van der Waals surface area contributed by atoms with Crippen molar-refractivity contribution in [1.29, 1.82) is 0 Å². The second-order valence-electron chi connectivity index (χ2n) is 2.92. The van der Waals surface area contributed by atoms with E-state index in [0.29, 0.717) is 11.3 Å². The van der Waals surface area contributed by atoms with Crippen molar-refractivity contribution in [1.82, 2.24) is 0 Å². The Morgan fingerprint density at radius 3 is 2.60 bits per heavy atom. The Balaban J connectivity index is 2.85. The molecule has 6 heteroatoms. The molecule has 0 radical (unpaired) electrons. The topological polar surface area (TPSA) is 52.6 Å². The van der Waals surface area contributed by atoms with Crippen LogP contribution in [0.2, 0.25) is 0 Å². The van der Waals surface area contributed by atoms with Crippen LogP contribution in [0.5, 0.6) is 5.75 Å². The molecule has 4 nitrogen and oxygen atoms in total. The first kappa shape index (κ1) is 12.5. The number of hydrogen-bond acceptors (Lipinski definition) is 4. The summed E-state index contributed by atoms with van der Waals surface area (Å²) >= 11 is 3.29. The van der Waals surface area contributed by atoms with Crippen molar-refractivity contribution >= 4 is 26.0 Å². The Morgan fingerprint density at radius 2 is 2.07 bits per heavy atom.